The lowest BCUT2D eigenvalue weighted by Crippen LogP contribution is -2.55. The fourth-order valence-corrected chi connectivity index (χ4v) is 4.58. The Morgan fingerprint density at radius 1 is 1.43 bits per heavy atom. The molecule has 1 aliphatic heterocycles. The number of rotatable bonds is 5. The fraction of sp³-hybridized carbons (Fsp3) is 0.692. The fourth-order valence-electron chi connectivity index (χ4n) is 2.13. The number of nitrogens with zero attached hydrogens (tertiary/aromatic N) is 2. The van der Waals surface area contributed by atoms with E-state index in [2.05, 4.69) is 10.3 Å². The predicted molar refractivity (Wildman–Crippen MR) is 81.9 cm³/mol. The summed E-state index contributed by atoms with van der Waals surface area (Å²) in [5.41, 5.74) is 0.999. The summed E-state index contributed by atoms with van der Waals surface area (Å²) in [5.74, 6) is -0.00386. The third-order valence-corrected chi connectivity index (χ3v) is 7.38. The van der Waals surface area contributed by atoms with Gasteiger partial charge in [-0.25, -0.2) is 17.7 Å². The van der Waals surface area contributed by atoms with E-state index in [0.29, 0.717) is 24.1 Å². The van der Waals surface area contributed by atoms with Crippen molar-refractivity contribution in [1.29, 1.82) is 0 Å². The van der Waals surface area contributed by atoms with E-state index < -0.39 is 20.7 Å². The zero-order valence-electron chi connectivity index (χ0n) is 12.1. The molecule has 2 heterocycles. The van der Waals surface area contributed by atoms with Crippen LogP contribution in [0.25, 0.3) is 0 Å². The maximum absolute atomic E-state index is 12.4. The molecule has 0 unspecified atom stereocenters. The van der Waals surface area contributed by atoms with Crippen molar-refractivity contribution >= 4 is 32.4 Å². The van der Waals surface area contributed by atoms with Crippen LogP contribution in [0.2, 0.25) is 0 Å². The Balaban J connectivity index is 1.73. The van der Waals surface area contributed by atoms with Gasteiger partial charge in [0.1, 0.15) is 0 Å². The van der Waals surface area contributed by atoms with Gasteiger partial charge in [-0.3, -0.25) is 4.79 Å². The van der Waals surface area contributed by atoms with E-state index in [-0.39, 0.29) is 0 Å². The molecule has 0 radical (unpaired) electrons. The number of hydrogen-bond acceptors (Lipinski definition) is 5. The number of carbonyl (C=O) groups excluding carboxylic acids is 1. The first-order chi connectivity index (χ1) is 9.82. The minimum Gasteiger partial charge on any atom is -0.301 e. The van der Waals surface area contributed by atoms with Crippen molar-refractivity contribution in [3.05, 3.63) is 11.1 Å². The van der Waals surface area contributed by atoms with Gasteiger partial charge in [0.15, 0.2) is 9.88 Å². The number of carbonyl (C=O) groups is 1. The number of anilines is 1. The van der Waals surface area contributed by atoms with E-state index in [4.69, 9.17) is 0 Å². The van der Waals surface area contributed by atoms with Crippen LogP contribution in [-0.4, -0.2) is 41.5 Å². The highest BCUT2D eigenvalue weighted by molar-refractivity contribution is 7.91. The smallest absolute Gasteiger partial charge is 0.248 e. The molecule has 2 fully saturated rings. The second kappa shape index (κ2) is 5.03. The first-order valence-corrected chi connectivity index (χ1v) is 9.41. The van der Waals surface area contributed by atoms with Crippen molar-refractivity contribution in [2.75, 3.05) is 18.4 Å². The first-order valence-electron chi connectivity index (χ1n) is 7.09. The topological polar surface area (TPSA) is 79.4 Å². The predicted octanol–water partition coefficient (Wildman–Crippen LogP) is 1.77. The number of sulfonamides is 1. The summed E-state index contributed by atoms with van der Waals surface area (Å²) in [6, 6.07) is 0. The summed E-state index contributed by atoms with van der Waals surface area (Å²) in [6.45, 7) is 3.90. The van der Waals surface area contributed by atoms with Crippen LogP contribution in [0.4, 0.5) is 5.13 Å². The quantitative estimate of drug-likeness (QED) is 0.893. The first kappa shape index (κ1) is 14.9. The van der Waals surface area contributed by atoms with Crippen molar-refractivity contribution in [3.63, 3.8) is 0 Å². The average molecular weight is 329 g/mol. The second-order valence-electron chi connectivity index (χ2n) is 6.07. The van der Waals surface area contributed by atoms with Crippen molar-refractivity contribution in [3.8, 4) is 0 Å². The molecule has 0 atom stereocenters. The van der Waals surface area contributed by atoms with Crippen LogP contribution in [0.3, 0.4) is 0 Å². The summed E-state index contributed by atoms with van der Waals surface area (Å²) < 4.78 is 24.8. The number of amides is 1. The van der Waals surface area contributed by atoms with Crippen LogP contribution in [0, 0.1) is 0 Å². The van der Waals surface area contributed by atoms with Gasteiger partial charge in [0.05, 0.1) is 5.69 Å². The van der Waals surface area contributed by atoms with Gasteiger partial charge in [-0.05, 0) is 33.1 Å². The Labute approximate surface area is 128 Å². The van der Waals surface area contributed by atoms with Crippen LogP contribution in [0.1, 0.15) is 44.7 Å². The van der Waals surface area contributed by atoms with Gasteiger partial charge in [-0.15, -0.1) is 11.3 Å². The summed E-state index contributed by atoms with van der Waals surface area (Å²) in [7, 11) is -3.62. The number of hydrogen-bond donors (Lipinski definition) is 1. The molecule has 1 saturated heterocycles. The molecule has 1 aliphatic carbocycles. The molecule has 3 rings (SSSR count). The Bertz CT molecular complexity index is 658. The molecule has 21 heavy (non-hydrogen) atoms. The van der Waals surface area contributed by atoms with Crippen molar-refractivity contribution in [1.82, 2.24) is 9.29 Å². The minimum absolute atomic E-state index is 0.480. The third kappa shape index (κ3) is 2.60. The lowest BCUT2D eigenvalue weighted by molar-refractivity contribution is -0.118. The highest BCUT2D eigenvalue weighted by Gasteiger charge is 2.47. The molecule has 8 heteroatoms. The van der Waals surface area contributed by atoms with Crippen molar-refractivity contribution < 1.29 is 13.2 Å². The molecule has 0 spiro atoms. The monoisotopic (exact) mass is 329 g/mol. The lowest BCUT2D eigenvalue weighted by atomic mass is 10.2. The molecule has 0 aromatic carbocycles. The molecule has 1 aromatic heterocycles. The number of aromatic nitrogens is 1. The van der Waals surface area contributed by atoms with Crippen molar-refractivity contribution in [2.24, 2.45) is 0 Å². The molecule has 116 valence electrons. The van der Waals surface area contributed by atoms with Crippen LogP contribution in [0.15, 0.2) is 5.38 Å². The molecule has 1 saturated carbocycles. The van der Waals surface area contributed by atoms with Gasteiger partial charge < -0.3 is 5.32 Å². The highest BCUT2D eigenvalue weighted by atomic mass is 32.2. The minimum atomic E-state index is -3.62. The van der Waals surface area contributed by atoms with E-state index in [1.54, 1.807) is 0 Å². The third-order valence-electron chi connectivity index (χ3n) is 4.08. The van der Waals surface area contributed by atoms with E-state index >= 15 is 0 Å². The summed E-state index contributed by atoms with van der Waals surface area (Å²) >= 11 is 1.35. The Morgan fingerprint density at radius 3 is 2.62 bits per heavy atom. The van der Waals surface area contributed by atoms with Crippen LogP contribution in [0.5, 0.6) is 0 Å². The Morgan fingerprint density at radius 2 is 2.10 bits per heavy atom. The van der Waals surface area contributed by atoms with Gasteiger partial charge in [0, 0.05) is 24.4 Å². The summed E-state index contributed by atoms with van der Waals surface area (Å²) in [4.78, 5) is 16.7. The molecular formula is C13H19N3O3S2. The van der Waals surface area contributed by atoms with E-state index in [1.807, 2.05) is 5.38 Å². The molecule has 1 aromatic rings. The van der Waals surface area contributed by atoms with E-state index in [9.17, 15) is 13.2 Å². The molecule has 1 N–H and O–H groups in total. The van der Waals surface area contributed by atoms with Crippen LogP contribution in [-0.2, 0) is 14.8 Å². The van der Waals surface area contributed by atoms with Gasteiger partial charge in [-0.2, -0.15) is 0 Å². The Kier molecular flexibility index (Phi) is 3.58. The zero-order valence-corrected chi connectivity index (χ0v) is 13.8. The highest BCUT2D eigenvalue weighted by Crippen LogP contribution is 2.41. The summed E-state index contributed by atoms with van der Waals surface area (Å²) in [6.07, 6.45) is 3.14. The largest absolute Gasteiger partial charge is 0.301 e. The lowest BCUT2D eigenvalue weighted by Gasteiger charge is -2.36. The zero-order chi connectivity index (χ0) is 15.3. The van der Waals surface area contributed by atoms with Gasteiger partial charge in [-0.1, -0.05) is 0 Å². The Hall–Kier alpha value is -0.990. The number of thiazole rings is 1. The number of nitrogens with one attached hydrogen (secondary N) is 1. The van der Waals surface area contributed by atoms with E-state index in [1.165, 1.54) is 29.5 Å². The summed E-state index contributed by atoms with van der Waals surface area (Å²) in [5, 5.41) is 5.07. The SMILES string of the molecule is CC(C)(C(=O)Nc1nc(C2CC2)cs1)S(=O)(=O)N1CCC1. The maximum atomic E-state index is 12.4. The standard InChI is InChI=1S/C13H19N3O3S2/c1-13(2,21(18,19)16-6-3-7-16)11(17)15-12-14-10(8-20-12)9-4-5-9/h8-9H,3-7H2,1-2H3,(H,14,15,17). The molecule has 2 aliphatic rings. The molecule has 6 nitrogen and oxygen atoms in total. The van der Waals surface area contributed by atoms with Crippen LogP contribution < -0.4 is 5.32 Å². The van der Waals surface area contributed by atoms with Crippen molar-refractivity contribution in [2.45, 2.75) is 43.8 Å². The molecule has 1 amide bonds. The van der Waals surface area contributed by atoms with Crippen LogP contribution >= 0.6 is 11.3 Å². The van der Waals surface area contributed by atoms with Gasteiger partial charge in [0.2, 0.25) is 15.9 Å². The second-order valence-corrected chi connectivity index (χ2v) is 9.42. The van der Waals surface area contributed by atoms with Gasteiger partial charge >= 0.3 is 0 Å². The maximum Gasteiger partial charge on any atom is 0.248 e. The van der Waals surface area contributed by atoms with E-state index in [0.717, 1.165) is 25.0 Å². The molecular weight excluding hydrogens is 310 g/mol. The normalized spacial score (nSPS) is 20.1. The molecule has 0 bridgehead atoms. The van der Waals surface area contributed by atoms with Gasteiger partial charge in [0.25, 0.3) is 0 Å². The average Bonchev–Trinajstić information content (AvgIpc) is 3.07.